The summed E-state index contributed by atoms with van der Waals surface area (Å²) in [5.41, 5.74) is 2.85. The summed E-state index contributed by atoms with van der Waals surface area (Å²) in [6.45, 7) is 7.70. The number of carbonyl (C=O) groups excluding carboxylic acids is 1. The molecule has 0 bridgehead atoms. The number of rotatable bonds is 5. The smallest absolute Gasteiger partial charge is 0.270 e. The van der Waals surface area contributed by atoms with E-state index in [1.807, 2.05) is 39.0 Å². The largest absolute Gasteiger partial charge is 0.395 e. The number of hydrogen-bond donors (Lipinski definition) is 1. The second-order valence-corrected chi connectivity index (χ2v) is 4.84. The molecular weight excluding hydrogens is 252 g/mol. The van der Waals surface area contributed by atoms with Crippen molar-refractivity contribution >= 4 is 16.8 Å². The van der Waals surface area contributed by atoms with Gasteiger partial charge < -0.3 is 14.6 Å². The zero-order chi connectivity index (χ0) is 14.7. The minimum Gasteiger partial charge on any atom is -0.395 e. The van der Waals surface area contributed by atoms with Crippen LogP contribution in [0.5, 0.6) is 0 Å². The van der Waals surface area contributed by atoms with Crippen LogP contribution in [0, 0.1) is 6.92 Å². The maximum atomic E-state index is 12.7. The number of hydrogen-bond acceptors (Lipinski definition) is 2. The molecule has 1 amide bonds. The minimum atomic E-state index is -0.00895. The second-order valence-electron chi connectivity index (χ2n) is 4.84. The third kappa shape index (κ3) is 2.31. The van der Waals surface area contributed by atoms with Crippen molar-refractivity contribution in [2.75, 3.05) is 19.7 Å². The first-order valence-electron chi connectivity index (χ1n) is 7.13. The average molecular weight is 274 g/mol. The van der Waals surface area contributed by atoms with Crippen LogP contribution in [0.25, 0.3) is 10.9 Å². The molecule has 4 heteroatoms. The Balaban J connectivity index is 2.58. The van der Waals surface area contributed by atoms with Crippen LogP contribution in [0.2, 0.25) is 0 Å². The number of aryl methyl sites for hydroxylation is 2. The van der Waals surface area contributed by atoms with E-state index in [1.54, 1.807) is 4.90 Å². The first-order chi connectivity index (χ1) is 9.65. The van der Waals surface area contributed by atoms with Crippen LogP contribution in [-0.4, -0.2) is 40.2 Å². The Bertz CT molecular complexity index is 616. The van der Waals surface area contributed by atoms with Crippen LogP contribution in [0.1, 0.15) is 29.9 Å². The first-order valence-corrected chi connectivity index (χ1v) is 7.13. The molecule has 0 fully saturated rings. The van der Waals surface area contributed by atoms with Crippen LogP contribution in [0.4, 0.5) is 0 Å². The highest BCUT2D eigenvalue weighted by atomic mass is 16.3. The van der Waals surface area contributed by atoms with E-state index in [4.69, 9.17) is 5.11 Å². The molecule has 0 aliphatic rings. The van der Waals surface area contributed by atoms with Crippen molar-refractivity contribution in [3.8, 4) is 0 Å². The summed E-state index contributed by atoms with van der Waals surface area (Å²) < 4.78 is 2.06. The van der Waals surface area contributed by atoms with Crippen molar-refractivity contribution in [2.45, 2.75) is 27.3 Å². The lowest BCUT2D eigenvalue weighted by atomic mass is 10.1. The van der Waals surface area contributed by atoms with Gasteiger partial charge in [0.1, 0.15) is 5.69 Å². The fourth-order valence-electron chi connectivity index (χ4n) is 2.75. The van der Waals surface area contributed by atoms with Gasteiger partial charge in [-0.25, -0.2) is 0 Å². The molecule has 0 saturated carbocycles. The molecule has 1 aromatic carbocycles. The van der Waals surface area contributed by atoms with Crippen molar-refractivity contribution in [2.24, 2.45) is 0 Å². The van der Waals surface area contributed by atoms with Gasteiger partial charge in [0, 0.05) is 30.5 Å². The van der Waals surface area contributed by atoms with Crippen molar-refractivity contribution in [3.63, 3.8) is 0 Å². The van der Waals surface area contributed by atoms with Gasteiger partial charge in [0.05, 0.1) is 6.61 Å². The highest BCUT2D eigenvalue weighted by Crippen LogP contribution is 2.26. The molecule has 0 unspecified atom stereocenters. The Morgan fingerprint density at radius 3 is 2.60 bits per heavy atom. The Labute approximate surface area is 119 Å². The third-order valence-electron chi connectivity index (χ3n) is 3.78. The van der Waals surface area contributed by atoms with Gasteiger partial charge in [0.15, 0.2) is 0 Å². The van der Waals surface area contributed by atoms with E-state index in [9.17, 15) is 4.79 Å². The highest BCUT2D eigenvalue weighted by Gasteiger charge is 2.22. The molecule has 0 spiro atoms. The lowest BCUT2D eigenvalue weighted by molar-refractivity contribution is 0.0721. The average Bonchev–Trinajstić information content (AvgIpc) is 2.77. The maximum Gasteiger partial charge on any atom is 0.270 e. The van der Waals surface area contributed by atoms with Crippen LogP contribution in [0.15, 0.2) is 24.3 Å². The number of para-hydroxylation sites is 1. The van der Waals surface area contributed by atoms with Crippen molar-refractivity contribution in [1.29, 1.82) is 0 Å². The summed E-state index contributed by atoms with van der Waals surface area (Å²) in [7, 11) is 0. The number of carbonyl (C=O) groups is 1. The molecule has 4 nitrogen and oxygen atoms in total. The first kappa shape index (κ1) is 14.6. The third-order valence-corrected chi connectivity index (χ3v) is 3.78. The van der Waals surface area contributed by atoms with Gasteiger partial charge in [-0.1, -0.05) is 18.2 Å². The van der Waals surface area contributed by atoms with E-state index >= 15 is 0 Å². The number of aliphatic hydroxyl groups excluding tert-OH is 1. The molecule has 1 heterocycles. The van der Waals surface area contributed by atoms with Crippen molar-refractivity contribution in [1.82, 2.24) is 9.47 Å². The molecule has 0 saturated heterocycles. The summed E-state index contributed by atoms with van der Waals surface area (Å²) in [6.07, 6.45) is 0. The Hall–Kier alpha value is -1.81. The van der Waals surface area contributed by atoms with E-state index in [2.05, 4.69) is 10.6 Å². The molecule has 108 valence electrons. The Morgan fingerprint density at radius 1 is 1.30 bits per heavy atom. The molecule has 2 rings (SSSR count). The standard InChI is InChI=1S/C16H22N2O2/c1-4-17(10-11-19)16(20)15-12(3)13-8-6-7-9-14(13)18(15)5-2/h6-9,19H,4-5,10-11H2,1-3H3. The molecule has 0 radical (unpaired) electrons. The number of aromatic nitrogens is 1. The SMILES string of the molecule is CCN(CCO)C(=O)c1c(C)c2ccccc2n1CC. The molecule has 0 aliphatic heterocycles. The van der Waals surface area contributed by atoms with Gasteiger partial charge >= 0.3 is 0 Å². The Kier molecular flexibility index (Phi) is 4.45. The topological polar surface area (TPSA) is 45.5 Å². The van der Waals surface area contributed by atoms with Gasteiger partial charge in [-0.2, -0.15) is 0 Å². The summed E-state index contributed by atoms with van der Waals surface area (Å²) >= 11 is 0. The summed E-state index contributed by atoms with van der Waals surface area (Å²) in [6, 6.07) is 8.09. The number of nitrogens with zero attached hydrogens (tertiary/aromatic N) is 2. The van der Waals surface area contributed by atoms with Gasteiger partial charge in [0.2, 0.25) is 0 Å². The lowest BCUT2D eigenvalue weighted by Gasteiger charge is -2.21. The Morgan fingerprint density at radius 2 is 2.00 bits per heavy atom. The minimum absolute atomic E-state index is 0.00269. The molecular formula is C16H22N2O2. The zero-order valence-corrected chi connectivity index (χ0v) is 12.4. The van der Waals surface area contributed by atoms with Gasteiger partial charge in [-0.3, -0.25) is 4.79 Å². The second kappa shape index (κ2) is 6.09. The molecule has 1 N–H and O–H groups in total. The number of benzene rings is 1. The van der Waals surface area contributed by atoms with Gasteiger partial charge in [-0.05, 0) is 32.4 Å². The molecule has 0 aliphatic carbocycles. The highest BCUT2D eigenvalue weighted by molar-refractivity contribution is 6.01. The number of amides is 1. The van der Waals surface area contributed by atoms with Gasteiger partial charge in [-0.15, -0.1) is 0 Å². The van der Waals surface area contributed by atoms with Crippen molar-refractivity contribution in [3.05, 3.63) is 35.5 Å². The van der Waals surface area contributed by atoms with Crippen LogP contribution < -0.4 is 0 Å². The fourth-order valence-corrected chi connectivity index (χ4v) is 2.75. The van der Waals surface area contributed by atoms with E-state index < -0.39 is 0 Å². The quantitative estimate of drug-likeness (QED) is 0.910. The van der Waals surface area contributed by atoms with Crippen LogP contribution in [0.3, 0.4) is 0 Å². The van der Waals surface area contributed by atoms with Crippen molar-refractivity contribution < 1.29 is 9.90 Å². The predicted molar refractivity (Wildman–Crippen MR) is 81.0 cm³/mol. The van der Waals surface area contributed by atoms with E-state index in [1.165, 1.54) is 0 Å². The van der Waals surface area contributed by atoms with Crippen LogP contribution >= 0.6 is 0 Å². The normalized spacial score (nSPS) is 11.0. The lowest BCUT2D eigenvalue weighted by Crippen LogP contribution is -2.35. The summed E-state index contributed by atoms with van der Waals surface area (Å²) in [5.74, 6) is -0.00269. The summed E-state index contributed by atoms with van der Waals surface area (Å²) in [5, 5.41) is 10.2. The number of fused-ring (bicyclic) bond motifs is 1. The summed E-state index contributed by atoms with van der Waals surface area (Å²) in [4.78, 5) is 14.4. The molecule has 1 aromatic heterocycles. The monoisotopic (exact) mass is 274 g/mol. The number of aliphatic hydroxyl groups is 1. The van der Waals surface area contributed by atoms with E-state index in [0.29, 0.717) is 13.1 Å². The molecule has 2 aromatic rings. The molecule has 0 atom stereocenters. The van der Waals surface area contributed by atoms with Crippen LogP contribution in [-0.2, 0) is 6.54 Å². The van der Waals surface area contributed by atoms with E-state index in [0.717, 1.165) is 28.7 Å². The van der Waals surface area contributed by atoms with Gasteiger partial charge in [0.25, 0.3) is 5.91 Å². The fraction of sp³-hybridized carbons (Fsp3) is 0.438. The molecule has 20 heavy (non-hydrogen) atoms. The zero-order valence-electron chi connectivity index (χ0n) is 12.4. The number of likely N-dealkylation sites (N-methyl/N-ethyl adjacent to an activating group) is 1. The predicted octanol–water partition coefficient (Wildman–Crippen LogP) is 2.42. The van der Waals surface area contributed by atoms with E-state index in [-0.39, 0.29) is 12.5 Å². The maximum absolute atomic E-state index is 12.7.